The smallest absolute Gasteiger partial charge is 0.390 e. The van der Waals surface area contributed by atoms with Crippen molar-refractivity contribution in [3.05, 3.63) is 94.8 Å². The fraction of sp³-hybridized carbons (Fsp3) is 0.515. The molecule has 4 rings (SSSR count). The Morgan fingerprint density at radius 3 is 2.41 bits per heavy atom. The van der Waals surface area contributed by atoms with Crippen LogP contribution in [-0.2, 0) is 45.1 Å². The van der Waals surface area contributed by atoms with Gasteiger partial charge in [0.1, 0.15) is 5.82 Å². The predicted molar refractivity (Wildman–Crippen MR) is 165 cm³/mol. The normalized spacial score (nSPS) is 13.9. The Morgan fingerprint density at radius 1 is 1.09 bits per heavy atom. The summed E-state index contributed by atoms with van der Waals surface area (Å²) in [6, 6.07) is 9.24. The van der Waals surface area contributed by atoms with Gasteiger partial charge in [0.15, 0.2) is 0 Å². The summed E-state index contributed by atoms with van der Waals surface area (Å²) < 4.78 is 53.7. The number of aliphatic hydroxyl groups is 1. The van der Waals surface area contributed by atoms with E-state index in [2.05, 4.69) is 27.8 Å². The minimum absolute atomic E-state index is 0.171. The first kappa shape index (κ1) is 35.4. The van der Waals surface area contributed by atoms with Gasteiger partial charge in [0, 0.05) is 51.5 Å². The van der Waals surface area contributed by atoms with Crippen LogP contribution in [0.3, 0.4) is 0 Å². The summed E-state index contributed by atoms with van der Waals surface area (Å²) in [5.41, 5.74) is 4.17. The van der Waals surface area contributed by atoms with E-state index in [0.717, 1.165) is 18.0 Å². The summed E-state index contributed by atoms with van der Waals surface area (Å²) >= 11 is 0. The topological polar surface area (TPSA) is 69.5 Å². The molecule has 11 heteroatoms. The maximum atomic E-state index is 13.4. The van der Waals surface area contributed by atoms with Crippen LogP contribution in [0.1, 0.15) is 78.9 Å². The molecule has 44 heavy (non-hydrogen) atoms. The number of benzene rings is 1. The molecule has 3 aromatic rings. The van der Waals surface area contributed by atoms with Crippen molar-refractivity contribution in [3.63, 3.8) is 0 Å². The molecule has 0 saturated carbocycles. The molecule has 0 spiro atoms. The molecule has 2 N–H and O–H groups in total. The number of hydrogen-bond acceptors (Lipinski definition) is 6. The Morgan fingerprint density at radius 2 is 1.82 bits per heavy atom. The number of fused-ring (bicyclic) bond motifs is 1. The maximum Gasteiger partial charge on any atom is 0.416 e. The van der Waals surface area contributed by atoms with Gasteiger partial charge in [-0.05, 0) is 68.0 Å². The predicted octanol–water partition coefficient (Wildman–Crippen LogP) is 6.42. The standard InChI is InChI=1S/C24H35F4N5O.C9H11N/c1-5-8-23(32(7-3)14-13-31(4)28)33-21(17-34)20(30-22(33)6-2)16-29-15-18-9-11-19(12-10-18)24(25,26)27;1-2-6-9-8(4-1)5-3-7-10-9/h5,9-12,23,29,34H,1,6-8,13-17H2,2-4H3;3,5,7H,1-2,4,6H2. The highest BCUT2D eigenvalue weighted by molar-refractivity contribution is 5.25. The van der Waals surface area contributed by atoms with E-state index in [1.54, 1.807) is 6.08 Å². The van der Waals surface area contributed by atoms with Gasteiger partial charge in [-0.25, -0.2) is 4.98 Å². The van der Waals surface area contributed by atoms with E-state index in [9.17, 15) is 22.8 Å². The summed E-state index contributed by atoms with van der Waals surface area (Å²) in [6.45, 7) is 9.75. The second-order valence-electron chi connectivity index (χ2n) is 10.9. The minimum atomic E-state index is -4.36. The second-order valence-corrected chi connectivity index (χ2v) is 10.9. The number of aromatic nitrogens is 3. The number of alkyl halides is 3. The third-order valence-electron chi connectivity index (χ3n) is 7.83. The molecule has 0 saturated heterocycles. The van der Waals surface area contributed by atoms with Crippen molar-refractivity contribution in [2.75, 3.05) is 26.7 Å². The van der Waals surface area contributed by atoms with Crippen LogP contribution < -0.4 is 5.32 Å². The molecule has 0 bridgehead atoms. The maximum absolute atomic E-state index is 13.4. The van der Waals surface area contributed by atoms with Crippen molar-refractivity contribution in [1.29, 1.82) is 0 Å². The third kappa shape index (κ3) is 9.95. The first-order chi connectivity index (χ1) is 21.1. The summed E-state index contributed by atoms with van der Waals surface area (Å²) in [6.07, 6.45) is 5.50. The van der Waals surface area contributed by atoms with Crippen LogP contribution in [0.4, 0.5) is 17.7 Å². The number of likely N-dealkylation sites (N-methyl/N-ethyl adjacent to an activating group) is 2. The van der Waals surface area contributed by atoms with E-state index in [1.165, 1.54) is 56.1 Å². The molecule has 2 heterocycles. The Bertz CT molecular complexity index is 1270. The van der Waals surface area contributed by atoms with Gasteiger partial charge in [0.05, 0.1) is 29.7 Å². The van der Waals surface area contributed by atoms with Gasteiger partial charge in [-0.3, -0.25) is 9.88 Å². The molecule has 1 aliphatic carbocycles. The minimum Gasteiger partial charge on any atom is -0.390 e. The Labute approximate surface area is 258 Å². The number of aliphatic hydroxyl groups excluding tert-OH is 1. The van der Waals surface area contributed by atoms with Crippen LogP contribution in [-0.4, -0.2) is 56.3 Å². The van der Waals surface area contributed by atoms with E-state index in [4.69, 9.17) is 4.98 Å². The van der Waals surface area contributed by atoms with E-state index in [-0.39, 0.29) is 19.3 Å². The lowest BCUT2D eigenvalue weighted by Crippen LogP contribution is -2.38. The molecule has 1 aliphatic rings. The fourth-order valence-corrected chi connectivity index (χ4v) is 5.50. The highest BCUT2D eigenvalue weighted by atomic mass is 19.4. The van der Waals surface area contributed by atoms with Gasteiger partial charge >= 0.3 is 6.18 Å². The molecule has 0 amide bonds. The molecule has 7 nitrogen and oxygen atoms in total. The van der Waals surface area contributed by atoms with Crippen LogP contribution in [0.2, 0.25) is 0 Å². The third-order valence-corrected chi connectivity index (χ3v) is 7.83. The van der Waals surface area contributed by atoms with Crippen molar-refractivity contribution < 1.29 is 22.8 Å². The van der Waals surface area contributed by atoms with Crippen molar-refractivity contribution >= 4 is 0 Å². The van der Waals surface area contributed by atoms with Gasteiger partial charge in [-0.2, -0.15) is 13.2 Å². The molecule has 0 fully saturated rings. The number of nitrogens with one attached hydrogen (secondary N) is 1. The number of rotatable bonds is 14. The lowest BCUT2D eigenvalue weighted by atomic mass is 9.96. The largest absolute Gasteiger partial charge is 0.416 e. The van der Waals surface area contributed by atoms with E-state index >= 15 is 0 Å². The summed E-state index contributed by atoms with van der Waals surface area (Å²) in [7, 11) is 1.38. The molecular formula is C33H46F4N6O. The average Bonchev–Trinajstić information content (AvgIpc) is 3.38. The van der Waals surface area contributed by atoms with Crippen molar-refractivity contribution in [1.82, 2.24) is 29.9 Å². The Balaban J connectivity index is 0.000000440. The number of aryl methyl sites for hydroxylation is 3. The van der Waals surface area contributed by atoms with Gasteiger partial charge < -0.3 is 15.0 Å². The second kappa shape index (κ2) is 17.4. The number of nitrogens with zero attached hydrogens (tertiary/aromatic N) is 5. The highest BCUT2D eigenvalue weighted by Crippen LogP contribution is 2.29. The fourth-order valence-electron chi connectivity index (χ4n) is 5.50. The molecule has 1 unspecified atom stereocenters. The average molecular weight is 619 g/mol. The van der Waals surface area contributed by atoms with Crippen LogP contribution in [0.15, 0.2) is 55.3 Å². The molecule has 0 aliphatic heterocycles. The number of imidazole rings is 1. The van der Waals surface area contributed by atoms with Crippen molar-refractivity contribution in [3.8, 4) is 0 Å². The van der Waals surface area contributed by atoms with E-state index < -0.39 is 11.7 Å². The van der Waals surface area contributed by atoms with Gasteiger partial charge in [0.2, 0.25) is 0 Å². The van der Waals surface area contributed by atoms with Crippen LogP contribution >= 0.6 is 0 Å². The number of hydrogen-bond donors (Lipinski definition) is 2. The zero-order valence-corrected chi connectivity index (χ0v) is 26.1. The quantitative estimate of drug-likeness (QED) is 0.124. The van der Waals surface area contributed by atoms with Gasteiger partial charge in [0.25, 0.3) is 0 Å². The summed E-state index contributed by atoms with van der Waals surface area (Å²) in [5, 5.41) is 14.1. The van der Waals surface area contributed by atoms with E-state index in [1.807, 2.05) is 30.7 Å². The SMILES string of the molecule is C=CCC(N(CC)CCN(C)F)n1c(CC)nc(CNCc2ccc(C(F)(F)F)cc2)c1CO.c1cnc2c(c1)CCCC2. The molecule has 0 radical (unpaired) electrons. The Kier molecular flexibility index (Phi) is 14.0. The van der Waals surface area contributed by atoms with Crippen LogP contribution in [0.5, 0.6) is 0 Å². The first-order valence-corrected chi connectivity index (χ1v) is 15.3. The van der Waals surface area contributed by atoms with Gasteiger partial charge in [-0.1, -0.05) is 38.1 Å². The molecule has 1 aromatic carbocycles. The van der Waals surface area contributed by atoms with Crippen molar-refractivity contribution in [2.24, 2.45) is 0 Å². The molecule has 2 aromatic heterocycles. The first-order valence-electron chi connectivity index (χ1n) is 15.3. The zero-order chi connectivity index (χ0) is 32.1. The monoisotopic (exact) mass is 618 g/mol. The molecule has 242 valence electrons. The number of pyridine rings is 1. The summed E-state index contributed by atoms with van der Waals surface area (Å²) in [4.78, 5) is 11.2. The molecule has 1 atom stereocenters. The Hall–Kier alpha value is -3.12. The van der Waals surface area contributed by atoms with Crippen molar-refractivity contribution in [2.45, 2.75) is 84.4 Å². The lowest BCUT2D eigenvalue weighted by molar-refractivity contribution is -0.137. The highest BCUT2D eigenvalue weighted by Gasteiger charge is 2.30. The van der Waals surface area contributed by atoms with E-state index in [0.29, 0.717) is 61.1 Å². The molecular weight excluding hydrogens is 572 g/mol. The van der Waals surface area contributed by atoms with Gasteiger partial charge in [-0.15, -0.1) is 16.2 Å². The lowest BCUT2D eigenvalue weighted by Gasteiger charge is -2.33. The summed E-state index contributed by atoms with van der Waals surface area (Å²) in [5.74, 6) is 0.800. The zero-order valence-electron chi connectivity index (χ0n) is 26.1. The van der Waals surface area contributed by atoms with Crippen LogP contribution in [0, 0.1) is 0 Å². The number of halogens is 4. The van der Waals surface area contributed by atoms with Crippen LogP contribution in [0.25, 0.3) is 0 Å².